The average molecular weight is 446 g/mol. The summed E-state index contributed by atoms with van der Waals surface area (Å²) in [6.07, 6.45) is 1.49. The lowest BCUT2D eigenvalue weighted by Crippen LogP contribution is -2.50. The monoisotopic (exact) mass is 445 g/mol. The standard InChI is InChI=1S/C22H31N5O5/c1-15(26-19(29)14-25-21(31)17-8-10-27(2)11-9-17)20(30)24-13-18(28)22(32)23-12-16-6-4-3-5-7-16/h3-7,15,17H,8-14H2,1-2H3,(H,23,32)(H,24,30)(H,25,31)(H,26,29)/t15-/m0/s1. The van der Waals surface area contributed by atoms with Crippen molar-refractivity contribution in [3.05, 3.63) is 35.9 Å². The van der Waals surface area contributed by atoms with Gasteiger partial charge in [-0.25, -0.2) is 0 Å². The minimum atomic E-state index is -0.928. The number of likely N-dealkylation sites (tertiary alicyclic amines) is 1. The summed E-state index contributed by atoms with van der Waals surface area (Å²) in [5, 5.41) is 9.87. The predicted molar refractivity (Wildman–Crippen MR) is 117 cm³/mol. The SMILES string of the molecule is C[C@H](NC(=O)CNC(=O)C1CCN(C)CC1)C(=O)NCC(=O)C(=O)NCc1ccccc1. The molecule has 0 unspecified atom stereocenters. The molecule has 10 heteroatoms. The number of rotatable bonds is 10. The van der Waals surface area contributed by atoms with Gasteiger partial charge in [0.15, 0.2) is 0 Å². The highest BCUT2D eigenvalue weighted by molar-refractivity contribution is 6.37. The molecule has 1 aromatic carbocycles. The number of amides is 4. The van der Waals surface area contributed by atoms with Gasteiger partial charge in [0.05, 0.1) is 13.1 Å². The molecular weight excluding hydrogens is 414 g/mol. The summed E-state index contributed by atoms with van der Waals surface area (Å²) in [5.41, 5.74) is 0.844. The molecule has 0 spiro atoms. The highest BCUT2D eigenvalue weighted by Gasteiger charge is 2.24. The number of nitrogens with zero attached hydrogens (tertiary/aromatic N) is 1. The van der Waals surface area contributed by atoms with E-state index in [4.69, 9.17) is 0 Å². The quantitative estimate of drug-likeness (QED) is 0.339. The van der Waals surface area contributed by atoms with E-state index >= 15 is 0 Å². The van der Waals surface area contributed by atoms with Crippen molar-refractivity contribution in [3.63, 3.8) is 0 Å². The molecule has 2 rings (SSSR count). The number of hydrogen-bond donors (Lipinski definition) is 4. The third-order valence-electron chi connectivity index (χ3n) is 5.26. The molecular formula is C22H31N5O5. The van der Waals surface area contributed by atoms with Crippen molar-refractivity contribution in [3.8, 4) is 0 Å². The molecule has 0 radical (unpaired) electrons. The Bertz CT molecular complexity index is 821. The first kappa shape index (κ1) is 25.0. The first-order valence-corrected chi connectivity index (χ1v) is 10.6. The van der Waals surface area contributed by atoms with Crippen molar-refractivity contribution >= 4 is 29.4 Å². The van der Waals surface area contributed by atoms with Gasteiger partial charge in [-0.2, -0.15) is 0 Å². The van der Waals surface area contributed by atoms with Crippen molar-refractivity contribution in [2.45, 2.75) is 32.4 Å². The molecule has 4 N–H and O–H groups in total. The van der Waals surface area contributed by atoms with E-state index in [2.05, 4.69) is 26.2 Å². The lowest BCUT2D eigenvalue weighted by molar-refractivity contribution is -0.138. The van der Waals surface area contributed by atoms with Gasteiger partial charge in [-0.1, -0.05) is 30.3 Å². The van der Waals surface area contributed by atoms with E-state index in [0.29, 0.717) is 0 Å². The summed E-state index contributed by atoms with van der Waals surface area (Å²) in [4.78, 5) is 62.2. The summed E-state index contributed by atoms with van der Waals surface area (Å²) in [6, 6.07) is 8.18. The van der Waals surface area contributed by atoms with Gasteiger partial charge < -0.3 is 26.2 Å². The molecule has 0 aliphatic carbocycles. The smallest absolute Gasteiger partial charge is 0.289 e. The Morgan fingerprint density at radius 3 is 2.28 bits per heavy atom. The minimum Gasteiger partial charge on any atom is -0.347 e. The minimum absolute atomic E-state index is 0.112. The molecule has 1 heterocycles. The molecule has 4 amide bonds. The largest absolute Gasteiger partial charge is 0.347 e. The fourth-order valence-corrected chi connectivity index (χ4v) is 3.22. The summed E-state index contributed by atoms with van der Waals surface area (Å²) in [6.45, 7) is 2.62. The van der Waals surface area contributed by atoms with Crippen LogP contribution < -0.4 is 21.3 Å². The van der Waals surface area contributed by atoms with E-state index < -0.39 is 36.1 Å². The first-order chi connectivity index (χ1) is 15.3. The third-order valence-corrected chi connectivity index (χ3v) is 5.26. The summed E-state index contributed by atoms with van der Waals surface area (Å²) < 4.78 is 0. The van der Waals surface area contributed by atoms with E-state index in [1.807, 2.05) is 37.4 Å². The van der Waals surface area contributed by atoms with Crippen LogP contribution in [-0.4, -0.2) is 73.6 Å². The molecule has 1 aliphatic rings. The van der Waals surface area contributed by atoms with E-state index in [9.17, 15) is 24.0 Å². The van der Waals surface area contributed by atoms with Gasteiger partial charge in [-0.05, 0) is 45.5 Å². The Labute approximate surface area is 187 Å². The van der Waals surface area contributed by atoms with Gasteiger partial charge >= 0.3 is 0 Å². The van der Waals surface area contributed by atoms with Crippen LogP contribution in [0, 0.1) is 5.92 Å². The van der Waals surface area contributed by atoms with Crippen molar-refractivity contribution in [2.75, 3.05) is 33.2 Å². The zero-order valence-electron chi connectivity index (χ0n) is 18.5. The Hall–Kier alpha value is -3.27. The van der Waals surface area contributed by atoms with Crippen molar-refractivity contribution < 1.29 is 24.0 Å². The van der Waals surface area contributed by atoms with Gasteiger partial charge in [0, 0.05) is 12.5 Å². The number of carbonyl (C=O) groups excluding carboxylic acids is 5. The van der Waals surface area contributed by atoms with Gasteiger partial charge in [0.1, 0.15) is 6.04 Å². The number of Topliss-reactive ketones (excluding diaryl/α,β-unsaturated/α-hetero) is 1. The molecule has 1 saturated heterocycles. The normalized spacial score (nSPS) is 15.3. The van der Waals surface area contributed by atoms with E-state index in [-0.39, 0.29) is 24.9 Å². The van der Waals surface area contributed by atoms with Crippen LogP contribution in [0.4, 0.5) is 0 Å². The maximum absolute atomic E-state index is 12.1. The van der Waals surface area contributed by atoms with Crippen molar-refractivity contribution in [1.29, 1.82) is 0 Å². The molecule has 0 saturated carbocycles. The van der Waals surface area contributed by atoms with Crippen LogP contribution in [0.2, 0.25) is 0 Å². The molecule has 1 aromatic rings. The third kappa shape index (κ3) is 8.46. The molecule has 32 heavy (non-hydrogen) atoms. The number of carbonyl (C=O) groups is 5. The fraction of sp³-hybridized carbons (Fsp3) is 0.500. The van der Waals surface area contributed by atoms with E-state index in [0.717, 1.165) is 31.5 Å². The molecule has 174 valence electrons. The predicted octanol–water partition coefficient (Wildman–Crippen LogP) is -1.05. The zero-order valence-corrected chi connectivity index (χ0v) is 18.5. The van der Waals surface area contributed by atoms with Crippen LogP contribution in [0.15, 0.2) is 30.3 Å². The molecule has 0 aromatic heterocycles. The van der Waals surface area contributed by atoms with Gasteiger partial charge in [0.2, 0.25) is 23.5 Å². The van der Waals surface area contributed by atoms with Crippen LogP contribution in [0.3, 0.4) is 0 Å². The van der Waals surface area contributed by atoms with Gasteiger partial charge in [0.25, 0.3) is 5.91 Å². The van der Waals surface area contributed by atoms with Gasteiger partial charge in [-0.3, -0.25) is 24.0 Å². The van der Waals surface area contributed by atoms with Crippen molar-refractivity contribution in [1.82, 2.24) is 26.2 Å². The Kier molecular flexibility index (Phi) is 9.80. The number of benzene rings is 1. The summed E-state index contributed by atoms with van der Waals surface area (Å²) in [5.74, 6) is -3.00. The Morgan fingerprint density at radius 1 is 0.969 bits per heavy atom. The number of ketones is 1. The van der Waals surface area contributed by atoms with E-state index in [1.54, 1.807) is 0 Å². The number of hydrogen-bond acceptors (Lipinski definition) is 6. The van der Waals surface area contributed by atoms with Crippen LogP contribution >= 0.6 is 0 Å². The molecule has 1 fully saturated rings. The Morgan fingerprint density at radius 2 is 1.62 bits per heavy atom. The second-order valence-electron chi connectivity index (χ2n) is 7.89. The average Bonchev–Trinajstić information content (AvgIpc) is 2.80. The van der Waals surface area contributed by atoms with Crippen LogP contribution in [0.25, 0.3) is 0 Å². The van der Waals surface area contributed by atoms with Crippen molar-refractivity contribution in [2.24, 2.45) is 5.92 Å². The topological polar surface area (TPSA) is 137 Å². The maximum atomic E-state index is 12.1. The van der Waals surface area contributed by atoms with Gasteiger partial charge in [-0.15, -0.1) is 0 Å². The van der Waals surface area contributed by atoms with Crippen LogP contribution in [0.1, 0.15) is 25.3 Å². The van der Waals surface area contributed by atoms with Crippen LogP contribution in [-0.2, 0) is 30.5 Å². The maximum Gasteiger partial charge on any atom is 0.289 e. The second kappa shape index (κ2) is 12.6. The highest BCUT2D eigenvalue weighted by Crippen LogP contribution is 2.15. The number of piperidine rings is 1. The highest BCUT2D eigenvalue weighted by atomic mass is 16.2. The van der Waals surface area contributed by atoms with Crippen LogP contribution in [0.5, 0.6) is 0 Å². The lowest BCUT2D eigenvalue weighted by atomic mass is 9.96. The van der Waals surface area contributed by atoms with E-state index in [1.165, 1.54) is 6.92 Å². The molecule has 1 aliphatic heterocycles. The molecule has 1 atom stereocenters. The first-order valence-electron chi connectivity index (χ1n) is 10.6. The zero-order chi connectivity index (χ0) is 23.5. The fourth-order valence-electron chi connectivity index (χ4n) is 3.22. The molecule has 0 bridgehead atoms. The second-order valence-corrected chi connectivity index (χ2v) is 7.89. The lowest BCUT2D eigenvalue weighted by Gasteiger charge is -2.28. The Balaban J connectivity index is 1.63. The number of nitrogens with one attached hydrogen (secondary N) is 4. The summed E-state index contributed by atoms with van der Waals surface area (Å²) in [7, 11) is 2.00. The summed E-state index contributed by atoms with van der Waals surface area (Å²) >= 11 is 0. The molecule has 10 nitrogen and oxygen atoms in total.